The zero-order chi connectivity index (χ0) is 12.6. The topological polar surface area (TPSA) is 29.1 Å². The van der Waals surface area contributed by atoms with Crippen LogP contribution in [0.15, 0.2) is 29.6 Å². The van der Waals surface area contributed by atoms with Crippen molar-refractivity contribution < 1.29 is 4.79 Å². The number of fused-ring (bicyclic) bond motifs is 1. The smallest absolute Gasteiger partial charge is 0.252 e. The van der Waals surface area contributed by atoms with E-state index in [0.717, 1.165) is 28.5 Å². The number of halogens is 1. The summed E-state index contributed by atoms with van der Waals surface area (Å²) in [6, 6.07) is 7.99. The van der Waals surface area contributed by atoms with Crippen LogP contribution in [0.4, 0.5) is 0 Å². The summed E-state index contributed by atoms with van der Waals surface area (Å²) < 4.78 is 1.15. The van der Waals surface area contributed by atoms with Crippen molar-refractivity contribution in [2.45, 2.75) is 12.8 Å². The number of nitrogens with one attached hydrogen (secondary N) is 1. The minimum absolute atomic E-state index is 0.0174. The van der Waals surface area contributed by atoms with Crippen molar-refractivity contribution in [1.82, 2.24) is 5.32 Å². The monoisotopic (exact) mass is 279 g/mol. The quantitative estimate of drug-likeness (QED) is 0.851. The highest BCUT2D eigenvalue weighted by Gasteiger charge is 2.41. The summed E-state index contributed by atoms with van der Waals surface area (Å²) in [4.78, 5) is 12.2. The Kier molecular flexibility index (Phi) is 3.04. The molecule has 2 aromatic rings. The molecule has 4 heteroatoms. The highest BCUT2D eigenvalue weighted by atomic mass is 35.5. The van der Waals surface area contributed by atoms with Crippen molar-refractivity contribution in [2.24, 2.45) is 5.41 Å². The van der Waals surface area contributed by atoms with Crippen LogP contribution >= 0.6 is 22.9 Å². The fraction of sp³-hybridized carbons (Fsp3) is 0.357. The lowest BCUT2D eigenvalue weighted by Gasteiger charge is -2.11. The number of hydrogen-bond donors (Lipinski definition) is 1. The summed E-state index contributed by atoms with van der Waals surface area (Å²) in [5.74, 6) is 0.654. The molecule has 0 atom stereocenters. The Morgan fingerprint density at radius 3 is 2.89 bits per heavy atom. The summed E-state index contributed by atoms with van der Waals surface area (Å²) in [5, 5.41) is 5.98. The first-order valence-corrected chi connectivity index (χ1v) is 7.46. The summed E-state index contributed by atoms with van der Waals surface area (Å²) in [6.07, 6.45) is 2.25. The van der Waals surface area contributed by atoms with Gasteiger partial charge in [-0.1, -0.05) is 18.2 Å². The molecule has 1 amide bonds. The number of benzene rings is 1. The Balaban J connectivity index is 1.76. The molecule has 0 aliphatic heterocycles. The van der Waals surface area contributed by atoms with Crippen molar-refractivity contribution in [3.05, 3.63) is 35.2 Å². The van der Waals surface area contributed by atoms with Gasteiger partial charge in [-0.25, -0.2) is 0 Å². The molecule has 1 saturated carbocycles. The summed E-state index contributed by atoms with van der Waals surface area (Å²) in [5.41, 5.74) is 0.948. The van der Waals surface area contributed by atoms with Gasteiger partial charge in [0, 0.05) is 33.3 Å². The van der Waals surface area contributed by atoms with E-state index in [0.29, 0.717) is 12.4 Å². The van der Waals surface area contributed by atoms with Crippen LogP contribution in [0.25, 0.3) is 10.1 Å². The van der Waals surface area contributed by atoms with Gasteiger partial charge < -0.3 is 5.32 Å². The number of thiophene rings is 1. The highest BCUT2D eigenvalue weighted by Crippen LogP contribution is 2.45. The molecular formula is C14H14ClNOS. The average molecular weight is 280 g/mol. The fourth-order valence-electron chi connectivity index (χ4n) is 2.05. The molecule has 0 radical (unpaired) electrons. The van der Waals surface area contributed by atoms with Crippen LogP contribution in [0.5, 0.6) is 0 Å². The average Bonchev–Trinajstić information content (AvgIpc) is 3.07. The molecule has 94 valence electrons. The molecule has 1 N–H and O–H groups in total. The molecule has 1 aromatic carbocycles. The zero-order valence-corrected chi connectivity index (χ0v) is 11.5. The molecule has 1 aromatic heterocycles. The van der Waals surface area contributed by atoms with E-state index < -0.39 is 0 Å². The SMILES string of the molecule is O=C(NCC1(CCl)CC1)c1csc2ccccc12. The molecule has 0 saturated heterocycles. The Hall–Kier alpha value is -1.06. The first-order chi connectivity index (χ1) is 8.74. The van der Waals surface area contributed by atoms with Gasteiger partial charge in [-0.15, -0.1) is 22.9 Å². The minimum Gasteiger partial charge on any atom is -0.351 e. The van der Waals surface area contributed by atoms with E-state index in [1.165, 1.54) is 0 Å². The molecule has 0 unspecified atom stereocenters. The van der Waals surface area contributed by atoms with Crippen LogP contribution in [0.1, 0.15) is 23.2 Å². The Morgan fingerprint density at radius 1 is 1.39 bits per heavy atom. The third kappa shape index (κ3) is 2.13. The summed E-state index contributed by atoms with van der Waals surface area (Å²) >= 11 is 7.52. The van der Waals surface area contributed by atoms with Crippen LogP contribution < -0.4 is 5.32 Å². The predicted molar refractivity (Wildman–Crippen MR) is 76.5 cm³/mol. The van der Waals surface area contributed by atoms with Gasteiger partial charge in [-0.2, -0.15) is 0 Å². The van der Waals surface area contributed by atoms with E-state index in [-0.39, 0.29) is 11.3 Å². The van der Waals surface area contributed by atoms with Gasteiger partial charge in [0.2, 0.25) is 0 Å². The van der Waals surface area contributed by atoms with E-state index in [1.54, 1.807) is 11.3 Å². The van der Waals surface area contributed by atoms with Crippen molar-refractivity contribution in [3.8, 4) is 0 Å². The maximum atomic E-state index is 12.2. The van der Waals surface area contributed by atoms with Gasteiger partial charge in [-0.3, -0.25) is 4.79 Å². The number of hydrogen-bond acceptors (Lipinski definition) is 2. The number of amides is 1. The van der Waals surface area contributed by atoms with Crippen molar-refractivity contribution in [1.29, 1.82) is 0 Å². The maximum Gasteiger partial charge on any atom is 0.252 e. The first kappa shape index (κ1) is 12.0. The van der Waals surface area contributed by atoms with Gasteiger partial charge in [0.25, 0.3) is 5.91 Å². The Labute approximate surface area is 115 Å². The molecule has 1 fully saturated rings. The molecule has 1 aliphatic rings. The van der Waals surface area contributed by atoms with Crippen LogP contribution in [0, 0.1) is 5.41 Å². The van der Waals surface area contributed by atoms with E-state index in [4.69, 9.17) is 11.6 Å². The normalized spacial score (nSPS) is 16.7. The predicted octanol–water partition coefficient (Wildman–Crippen LogP) is 3.65. The molecule has 0 bridgehead atoms. The standard InChI is InChI=1S/C14H14ClNOS/c15-8-14(5-6-14)9-16-13(17)11-7-18-12-4-2-1-3-10(11)12/h1-4,7H,5-6,8-9H2,(H,16,17). The highest BCUT2D eigenvalue weighted by molar-refractivity contribution is 7.17. The maximum absolute atomic E-state index is 12.2. The van der Waals surface area contributed by atoms with Crippen molar-refractivity contribution >= 4 is 38.9 Å². The summed E-state index contributed by atoms with van der Waals surface area (Å²) in [7, 11) is 0. The van der Waals surface area contributed by atoms with Crippen molar-refractivity contribution in [2.75, 3.05) is 12.4 Å². The van der Waals surface area contributed by atoms with Crippen LogP contribution in [0.3, 0.4) is 0 Å². The molecule has 1 aliphatic carbocycles. The fourth-order valence-corrected chi connectivity index (χ4v) is 3.35. The lowest BCUT2D eigenvalue weighted by molar-refractivity contribution is 0.0948. The van der Waals surface area contributed by atoms with Gasteiger partial charge in [-0.05, 0) is 18.9 Å². The number of rotatable bonds is 4. The molecule has 1 heterocycles. The van der Waals surface area contributed by atoms with Gasteiger partial charge in [0.05, 0.1) is 5.56 Å². The van der Waals surface area contributed by atoms with Gasteiger partial charge in [0.1, 0.15) is 0 Å². The third-order valence-corrected chi connectivity index (χ3v) is 5.12. The van der Waals surface area contributed by atoms with Crippen LogP contribution in [0.2, 0.25) is 0 Å². The lowest BCUT2D eigenvalue weighted by atomic mass is 10.1. The van der Waals surface area contributed by atoms with E-state index >= 15 is 0 Å². The van der Waals surface area contributed by atoms with Crippen LogP contribution in [-0.4, -0.2) is 18.3 Å². The second-order valence-corrected chi connectivity index (χ2v) is 6.14. The molecule has 18 heavy (non-hydrogen) atoms. The second kappa shape index (κ2) is 4.56. The van der Waals surface area contributed by atoms with Crippen molar-refractivity contribution in [3.63, 3.8) is 0 Å². The van der Waals surface area contributed by atoms with E-state index in [2.05, 4.69) is 5.32 Å². The molecule has 0 spiro atoms. The lowest BCUT2D eigenvalue weighted by Crippen LogP contribution is -2.30. The van der Waals surface area contributed by atoms with Gasteiger partial charge >= 0.3 is 0 Å². The largest absolute Gasteiger partial charge is 0.351 e. The molecule has 3 rings (SSSR count). The van der Waals surface area contributed by atoms with Gasteiger partial charge in [0.15, 0.2) is 0 Å². The number of carbonyl (C=O) groups excluding carboxylic acids is 1. The second-order valence-electron chi connectivity index (χ2n) is 4.96. The third-order valence-electron chi connectivity index (χ3n) is 3.59. The minimum atomic E-state index is 0.0174. The number of alkyl halides is 1. The van der Waals surface area contributed by atoms with Crippen LogP contribution in [-0.2, 0) is 0 Å². The van der Waals surface area contributed by atoms with E-state index in [9.17, 15) is 4.79 Å². The summed E-state index contributed by atoms with van der Waals surface area (Å²) in [6.45, 7) is 0.694. The number of carbonyl (C=O) groups is 1. The molecule has 2 nitrogen and oxygen atoms in total. The zero-order valence-electron chi connectivity index (χ0n) is 9.91. The van der Waals surface area contributed by atoms with E-state index in [1.807, 2.05) is 29.6 Å². The first-order valence-electron chi connectivity index (χ1n) is 6.05. The Morgan fingerprint density at radius 2 is 2.17 bits per heavy atom. The Bertz CT molecular complexity index is 588. The molecular weight excluding hydrogens is 266 g/mol.